The first-order valence-electron chi connectivity index (χ1n) is 17.4. The lowest BCUT2D eigenvalue weighted by Gasteiger charge is -2.17. The standard InChI is InChI=1S/C48H30N2O/c1-3-14-31(15-4-1)34-27-28-37-35-18-7-10-22-41(35)50(32-16-5-2-6-17-32)48(37)47(34)39-21-13-24-43-46(39)38-20-8-11-23-42(38)49(43)33-26-29-45-40(30-33)36-19-9-12-25-44(36)51-45/h1-30H. The van der Waals surface area contributed by atoms with Crippen molar-refractivity contribution < 1.29 is 4.42 Å². The third kappa shape index (κ3) is 4.06. The second-order valence-corrected chi connectivity index (χ2v) is 13.3. The highest BCUT2D eigenvalue weighted by Gasteiger charge is 2.24. The molecule has 0 radical (unpaired) electrons. The van der Waals surface area contributed by atoms with Crippen LogP contribution in [0.4, 0.5) is 0 Å². The lowest BCUT2D eigenvalue weighted by molar-refractivity contribution is 0.669. The first-order valence-corrected chi connectivity index (χ1v) is 17.4. The third-order valence-corrected chi connectivity index (χ3v) is 10.5. The maximum atomic E-state index is 6.23. The van der Waals surface area contributed by atoms with Crippen molar-refractivity contribution in [2.24, 2.45) is 0 Å². The summed E-state index contributed by atoms with van der Waals surface area (Å²) in [5.41, 5.74) is 13.6. The summed E-state index contributed by atoms with van der Waals surface area (Å²) in [5.74, 6) is 0. The fourth-order valence-corrected chi connectivity index (χ4v) is 8.39. The van der Waals surface area contributed by atoms with Crippen LogP contribution in [0.25, 0.3) is 99.2 Å². The van der Waals surface area contributed by atoms with E-state index in [1.807, 2.05) is 12.1 Å². The summed E-state index contributed by atoms with van der Waals surface area (Å²) in [6, 6.07) is 65.6. The molecule has 11 aromatic rings. The zero-order valence-electron chi connectivity index (χ0n) is 27.6. The van der Waals surface area contributed by atoms with Gasteiger partial charge < -0.3 is 13.6 Å². The predicted octanol–water partition coefficient (Wildman–Crippen LogP) is 13.1. The Hall–Kier alpha value is -6.84. The Morgan fingerprint density at radius 3 is 1.82 bits per heavy atom. The number of nitrogens with zero attached hydrogens (tertiary/aromatic N) is 2. The Labute approximate surface area is 293 Å². The van der Waals surface area contributed by atoms with Gasteiger partial charge in [-0.1, -0.05) is 127 Å². The molecule has 0 aliphatic rings. The van der Waals surface area contributed by atoms with Gasteiger partial charge in [0.2, 0.25) is 0 Å². The smallest absolute Gasteiger partial charge is 0.135 e. The number of aromatic nitrogens is 2. The van der Waals surface area contributed by atoms with Crippen LogP contribution in [0, 0.1) is 0 Å². The maximum absolute atomic E-state index is 6.23. The van der Waals surface area contributed by atoms with Crippen LogP contribution >= 0.6 is 0 Å². The molecule has 0 bridgehead atoms. The van der Waals surface area contributed by atoms with Crippen LogP contribution in [0.5, 0.6) is 0 Å². The van der Waals surface area contributed by atoms with Crippen molar-refractivity contribution in [1.29, 1.82) is 0 Å². The third-order valence-electron chi connectivity index (χ3n) is 10.5. The summed E-state index contributed by atoms with van der Waals surface area (Å²) in [6.07, 6.45) is 0. The van der Waals surface area contributed by atoms with Gasteiger partial charge in [0, 0.05) is 49.3 Å². The first kappa shape index (κ1) is 28.0. The van der Waals surface area contributed by atoms with Gasteiger partial charge >= 0.3 is 0 Å². The predicted molar refractivity (Wildman–Crippen MR) is 213 cm³/mol. The molecule has 3 heteroatoms. The Morgan fingerprint density at radius 1 is 0.353 bits per heavy atom. The molecule has 238 valence electrons. The number of hydrogen-bond acceptors (Lipinski definition) is 1. The molecule has 3 heterocycles. The molecule has 0 saturated carbocycles. The van der Waals surface area contributed by atoms with E-state index in [2.05, 4.69) is 179 Å². The topological polar surface area (TPSA) is 23.0 Å². The molecule has 3 nitrogen and oxygen atoms in total. The molecule has 0 spiro atoms. The number of benzene rings is 8. The molecule has 0 aliphatic carbocycles. The van der Waals surface area contributed by atoms with E-state index in [1.54, 1.807) is 0 Å². The molecule has 0 amide bonds. The summed E-state index contributed by atoms with van der Waals surface area (Å²) >= 11 is 0. The minimum Gasteiger partial charge on any atom is -0.456 e. The van der Waals surface area contributed by atoms with Crippen LogP contribution in [-0.4, -0.2) is 9.13 Å². The van der Waals surface area contributed by atoms with Gasteiger partial charge in [-0.3, -0.25) is 0 Å². The van der Waals surface area contributed by atoms with Crippen molar-refractivity contribution in [3.8, 4) is 33.6 Å². The molecule has 0 N–H and O–H groups in total. The fraction of sp³-hybridized carbons (Fsp3) is 0. The van der Waals surface area contributed by atoms with Gasteiger partial charge in [-0.15, -0.1) is 0 Å². The van der Waals surface area contributed by atoms with Crippen LogP contribution in [0.1, 0.15) is 0 Å². The van der Waals surface area contributed by atoms with Crippen LogP contribution in [0.15, 0.2) is 186 Å². The molecule has 0 saturated heterocycles. The average Bonchev–Trinajstić information content (AvgIpc) is 3.86. The molecular weight excluding hydrogens is 621 g/mol. The second kappa shape index (κ2) is 10.8. The van der Waals surface area contributed by atoms with E-state index >= 15 is 0 Å². The molecule has 11 rings (SSSR count). The van der Waals surface area contributed by atoms with Gasteiger partial charge in [-0.25, -0.2) is 0 Å². The minimum absolute atomic E-state index is 0.898. The normalized spacial score (nSPS) is 11.9. The monoisotopic (exact) mass is 650 g/mol. The van der Waals surface area contributed by atoms with Gasteiger partial charge in [0.15, 0.2) is 0 Å². The minimum atomic E-state index is 0.898. The lowest BCUT2D eigenvalue weighted by atomic mass is 9.89. The number of para-hydroxylation sites is 4. The Balaban J connectivity index is 1.30. The largest absolute Gasteiger partial charge is 0.456 e. The highest BCUT2D eigenvalue weighted by Crippen LogP contribution is 2.47. The summed E-state index contributed by atoms with van der Waals surface area (Å²) < 4.78 is 11.1. The molecule has 51 heavy (non-hydrogen) atoms. The molecule has 0 atom stereocenters. The zero-order chi connectivity index (χ0) is 33.5. The number of rotatable bonds is 4. The van der Waals surface area contributed by atoms with E-state index in [4.69, 9.17) is 4.42 Å². The van der Waals surface area contributed by atoms with Gasteiger partial charge in [0.1, 0.15) is 11.2 Å². The van der Waals surface area contributed by atoms with Crippen molar-refractivity contribution in [3.05, 3.63) is 182 Å². The number of furan rings is 1. The van der Waals surface area contributed by atoms with Crippen LogP contribution in [-0.2, 0) is 0 Å². The number of hydrogen-bond donors (Lipinski definition) is 0. The molecule has 0 unspecified atom stereocenters. The highest BCUT2D eigenvalue weighted by atomic mass is 16.3. The van der Waals surface area contributed by atoms with Gasteiger partial charge in [-0.05, 0) is 71.3 Å². The van der Waals surface area contributed by atoms with Crippen molar-refractivity contribution in [2.75, 3.05) is 0 Å². The van der Waals surface area contributed by atoms with Crippen molar-refractivity contribution >= 4 is 65.6 Å². The first-order chi connectivity index (χ1) is 25.3. The van der Waals surface area contributed by atoms with E-state index in [0.29, 0.717) is 0 Å². The average molecular weight is 651 g/mol. The van der Waals surface area contributed by atoms with E-state index in [9.17, 15) is 0 Å². The Morgan fingerprint density at radius 2 is 1.00 bits per heavy atom. The fourth-order valence-electron chi connectivity index (χ4n) is 8.39. The molecular formula is C48H30N2O. The van der Waals surface area contributed by atoms with Gasteiger partial charge in [0.25, 0.3) is 0 Å². The molecule has 0 aliphatic heterocycles. The van der Waals surface area contributed by atoms with Crippen LogP contribution in [0.3, 0.4) is 0 Å². The molecule has 0 fully saturated rings. The summed E-state index contributed by atoms with van der Waals surface area (Å²) in [5, 5.41) is 7.19. The second-order valence-electron chi connectivity index (χ2n) is 13.3. The van der Waals surface area contributed by atoms with Gasteiger partial charge in [-0.2, -0.15) is 0 Å². The number of fused-ring (bicyclic) bond motifs is 9. The van der Waals surface area contributed by atoms with Crippen molar-refractivity contribution in [2.45, 2.75) is 0 Å². The van der Waals surface area contributed by atoms with E-state index in [0.717, 1.165) is 33.3 Å². The lowest BCUT2D eigenvalue weighted by Crippen LogP contribution is -1.97. The Kier molecular flexibility index (Phi) is 5.96. The van der Waals surface area contributed by atoms with Crippen molar-refractivity contribution in [1.82, 2.24) is 9.13 Å². The summed E-state index contributed by atoms with van der Waals surface area (Å²) in [7, 11) is 0. The summed E-state index contributed by atoms with van der Waals surface area (Å²) in [6.45, 7) is 0. The van der Waals surface area contributed by atoms with Crippen LogP contribution in [0.2, 0.25) is 0 Å². The SMILES string of the molecule is c1ccc(-c2ccc3c4ccccc4n(-c4ccccc4)c3c2-c2cccc3c2c2ccccc2n3-c2ccc3oc4ccccc4c3c2)cc1. The highest BCUT2D eigenvalue weighted by molar-refractivity contribution is 6.23. The van der Waals surface area contributed by atoms with Gasteiger partial charge in [0.05, 0.1) is 22.1 Å². The summed E-state index contributed by atoms with van der Waals surface area (Å²) in [4.78, 5) is 0. The van der Waals surface area contributed by atoms with E-state index in [1.165, 1.54) is 65.9 Å². The van der Waals surface area contributed by atoms with Crippen molar-refractivity contribution in [3.63, 3.8) is 0 Å². The molecule has 3 aromatic heterocycles. The quantitative estimate of drug-likeness (QED) is 0.186. The maximum Gasteiger partial charge on any atom is 0.135 e. The molecule has 8 aromatic carbocycles. The van der Waals surface area contributed by atoms with E-state index in [-0.39, 0.29) is 0 Å². The Bertz CT molecular complexity index is 3130. The van der Waals surface area contributed by atoms with E-state index < -0.39 is 0 Å². The zero-order valence-corrected chi connectivity index (χ0v) is 27.6. The van der Waals surface area contributed by atoms with Crippen LogP contribution < -0.4 is 0 Å².